The minimum atomic E-state index is -4.04. The zero-order valence-corrected chi connectivity index (χ0v) is 8.19. The first-order valence-corrected chi connectivity index (χ1v) is 5.24. The summed E-state index contributed by atoms with van der Waals surface area (Å²) in [5.74, 6) is 0.103. The van der Waals surface area contributed by atoms with E-state index in [9.17, 15) is 18.3 Å². The molecule has 0 aromatic carbocycles. The van der Waals surface area contributed by atoms with E-state index in [0.29, 0.717) is 6.42 Å². The molecule has 2 unspecified atom stereocenters. The summed E-state index contributed by atoms with van der Waals surface area (Å²) >= 11 is 0. The normalized spacial score (nSPS) is 29.1. The maximum Gasteiger partial charge on any atom is 0.389 e. The first kappa shape index (κ1) is 11.8. The molecule has 0 heterocycles. The van der Waals surface area contributed by atoms with Crippen LogP contribution in [0.2, 0.25) is 0 Å². The molecule has 14 heavy (non-hydrogen) atoms. The molecule has 1 aliphatic carbocycles. The molecule has 1 rings (SSSR count). The summed E-state index contributed by atoms with van der Waals surface area (Å²) < 4.78 is 35.5. The van der Waals surface area contributed by atoms with Gasteiger partial charge in [0, 0.05) is 6.42 Å². The van der Waals surface area contributed by atoms with Crippen molar-refractivity contribution in [2.75, 3.05) is 0 Å². The first-order valence-electron chi connectivity index (χ1n) is 5.24. The fraction of sp³-hybridized carbons (Fsp3) is 1.00. The molecule has 0 amide bonds. The minimum absolute atomic E-state index is 0.103. The van der Waals surface area contributed by atoms with E-state index in [0.717, 1.165) is 25.7 Å². The highest BCUT2D eigenvalue weighted by molar-refractivity contribution is 4.74. The Morgan fingerprint density at radius 2 is 1.79 bits per heavy atom. The SMILES string of the molecule is OC1CCCCC1CCCC(F)(F)F. The van der Waals surface area contributed by atoms with E-state index in [1.165, 1.54) is 0 Å². The molecule has 1 aliphatic rings. The van der Waals surface area contributed by atoms with Crippen LogP contribution in [0.1, 0.15) is 44.9 Å². The van der Waals surface area contributed by atoms with Gasteiger partial charge in [-0.2, -0.15) is 13.2 Å². The second kappa shape index (κ2) is 5.01. The largest absolute Gasteiger partial charge is 0.393 e. The van der Waals surface area contributed by atoms with Gasteiger partial charge in [0.05, 0.1) is 6.10 Å². The van der Waals surface area contributed by atoms with Crippen molar-refractivity contribution < 1.29 is 18.3 Å². The van der Waals surface area contributed by atoms with E-state index in [-0.39, 0.29) is 18.4 Å². The van der Waals surface area contributed by atoms with E-state index in [2.05, 4.69) is 0 Å². The van der Waals surface area contributed by atoms with Gasteiger partial charge in [0.1, 0.15) is 0 Å². The van der Waals surface area contributed by atoms with Gasteiger partial charge in [0.25, 0.3) is 0 Å². The molecule has 84 valence electrons. The van der Waals surface area contributed by atoms with Gasteiger partial charge in [0.15, 0.2) is 0 Å². The van der Waals surface area contributed by atoms with Crippen LogP contribution in [0.25, 0.3) is 0 Å². The van der Waals surface area contributed by atoms with E-state index < -0.39 is 12.6 Å². The van der Waals surface area contributed by atoms with Crippen LogP contribution in [-0.2, 0) is 0 Å². The van der Waals surface area contributed by atoms with Gasteiger partial charge in [-0.25, -0.2) is 0 Å². The molecule has 0 aromatic heterocycles. The second-order valence-corrected chi connectivity index (χ2v) is 4.12. The lowest BCUT2D eigenvalue weighted by molar-refractivity contribution is -0.136. The third-order valence-corrected chi connectivity index (χ3v) is 2.90. The molecular weight excluding hydrogens is 193 g/mol. The molecule has 0 aliphatic heterocycles. The Hall–Kier alpha value is -0.250. The first-order chi connectivity index (χ1) is 6.49. The molecule has 0 bridgehead atoms. The standard InChI is InChI=1S/C10H17F3O/c11-10(12,13)7-3-5-8-4-1-2-6-9(8)14/h8-9,14H,1-7H2. The number of rotatable bonds is 3. The zero-order chi connectivity index (χ0) is 10.6. The van der Waals surface area contributed by atoms with Crippen LogP contribution in [-0.4, -0.2) is 17.4 Å². The van der Waals surface area contributed by atoms with Crippen molar-refractivity contribution in [2.45, 2.75) is 57.2 Å². The maximum atomic E-state index is 11.8. The smallest absolute Gasteiger partial charge is 0.389 e. The third-order valence-electron chi connectivity index (χ3n) is 2.90. The zero-order valence-electron chi connectivity index (χ0n) is 8.19. The Labute approximate surface area is 82.3 Å². The lowest BCUT2D eigenvalue weighted by atomic mass is 9.83. The molecule has 0 spiro atoms. The summed E-state index contributed by atoms with van der Waals surface area (Å²) in [4.78, 5) is 0. The summed E-state index contributed by atoms with van der Waals surface area (Å²) in [7, 11) is 0. The monoisotopic (exact) mass is 210 g/mol. The molecule has 0 aromatic rings. The van der Waals surface area contributed by atoms with Crippen molar-refractivity contribution in [1.29, 1.82) is 0 Å². The van der Waals surface area contributed by atoms with Gasteiger partial charge in [-0.15, -0.1) is 0 Å². The topological polar surface area (TPSA) is 20.2 Å². The van der Waals surface area contributed by atoms with Crippen molar-refractivity contribution in [3.63, 3.8) is 0 Å². The van der Waals surface area contributed by atoms with Gasteiger partial charge in [-0.1, -0.05) is 12.8 Å². The van der Waals surface area contributed by atoms with Gasteiger partial charge in [0.2, 0.25) is 0 Å². The van der Waals surface area contributed by atoms with Crippen molar-refractivity contribution in [1.82, 2.24) is 0 Å². The summed E-state index contributed by atoms with van der Waals surface area (Å²) in [6, 6.07) is 0. The van der Waals surface area contributed by atoms with Gasteiger partial charge < -0.3 is 5.11 Å². The Morgan fingerprint density at radius 3 is 2.36 bits per heavy atom. The third kappa shape index (κ3) is 4.31. The molecule has 0 saturated heterocycles. The number of halogens is 3. The van der Waals surface area contributed by atoms with Crippen molar-refractivity contribution in [2.24, 2.45) is 5.92 Å². The number of hydrogen-bond acceptors (Lipinski definition) is 1. The fourth-order valence-electron chi connectivity index (χ4n) is 2.09. The number of alkyl halides is 3. The molecule has 4 heteroatoms. The predicted molar refractivity (Wildman–Crippen MR) is 47.9 cm³/mol. The second-order valence-electron chi connectivity index (χ2n) is 4.12. The quantitative estimate of drug-likeness (QED) is 0.758. The molecule has 1 saturated carbocycles. The highest BCUT2D eigenvalue weighted by Crippen LogP contribution is 2.30. The fourth-order valence-corrected chi connectivity index (χ4v) is 2.09. The highest BCUT2D eigenvalue weighted by Gasteiger charge is 2.28. The van der Waals surface area contributed by atoms with Gasteiger partial charge >= 0.3 is 6.18 Å². The molecule has 2 atom stereocenters. The van der Waals surface area contributed by atoms with E-state index in [1.807, 2.05) is 0 Å². The predicted octanol–water partition coefficient (Wildman–Crippen LogP) is 3.27. The average molecular weight is 210 g/mol. The van der Waals surface area contributed by atoms with Crippen LogP contribution in [0.15, 0.2) is 0 Å². The Bertz CT molecular complexity index is 167. The van der Waals surface area contributed by atoms with E-state index >= 15 is 0 Å². The lowest BCUT2D eigenvalue weighted by Crippen LogP contribution is -2.24. The summed E-state index contributed by atoms with van der Waals surface area (Å²) in [6.07, 6.45) is -0.737. The minimum Gasteiger partial charge on any atom is -0.393 e. The number of hydrogen-bond donors (Lipinski definition) is 1. The summed E-state index contributed by atoms with van der Waals surface area (Å²) in [5, 5.41) is 9.52. The lowest BCUT2D eigenvalue weighted by Gasteiger charge is -2.27. The van der Waals surface area contributed by atoms with Crippen LogP contribution < -0.4 is 0 Å². The Morgan fingerprint density at radius 1 is 1.14 bits per heavy atom. The Kier molecular flexibility index (Phi) is 4.23. The molecule has 1 nitrogen and oxygen atoms in total. The Balaban J connectivity index is 2.17. The molecule has 1 fully saturated rings. The summed E-state index contributed by atoms with van der Waals surface area (Å²) in [5.41, 5.74) is 0. The van der Waals surface area contributed by atoms with Gasteiger partial charge in [-0.05, 0) is 31.6 Å². The van der Waals surface area contributed by atoms with Crippen molar-refractivity contribution in [3.8, 4) is 0 Å². The maximum absolute atomic E-state index is 11.8. The average Bonchev–Trinajstić information content (AvgIpc) is 2.06. The molecular formula is C10H17F3O. The van der Waals surface area contributed by atoms with Crippen LogP contribution in [0.4, 0.5) is 13.2 Å². The number of aliphatic hydroxyl groups excluding tert-OH is 1. The van der Waals surface area contributed by atoms with Crippen LogP contribution >= 0.6 is 0 Å². The van der Waals surface area contributed by atoms with Crippen LogP contribution in [0.5, 0.6) is 0 Å². The highest BCUT2D eigenvalue weighted by atomic mass is 19.4. The van der Waals surface area contributed by atoms with Crippen LogP contribution in [0.3, 0.4) is 0 Å². The number of aliphatic hydroxyl groups is 1. The molecule has 0 radical (unpaired) electrons. The van der Waals surface area contributed by atoms with E-state index in [1.54, 1.807) is 0 Å². The summed E-state index contributed by atoms with van der Waals surface area (Å²) in [6.45, 7) is 0. The molecule has 1 N–H and O–H groups in total. The van der Waals surface area contributed by atoms with E-state index in [4.69, 9.17) is 0 Å². The van der Waals surface area contributed by atoms with Crippen molar-refractivity contribution in [3.05, 3.63) is 0 Å². The van der Waals surface area contributed by atoms with Crippen molar-refractivity contribution >= 4 is 0 Å². The van der Waals surface area contributed by atoms with Gasteiger partial charge in [-0.3, -0.25) is 0 Å². The van der Waals surface area contributed by atoms with Crippen LogP contribution in [0, 0.1) is 5.92 Å².